The van der Waals surface area contributed by atoms with Gasteiger partial charge in [0, 0.05) is 18.3 Å². The molecule has 1 aromatic heterocycles. The van der Waals surface area contributed by atoms with Gasteiger partial charge in [-0.15, -0.1) is 0 Å². The van der Waals surface area contributed by atoms with E-state index in [0.717, 1.165) is 16.9 Å². The molecule has 0 fully saturated rings. The molecular weight excluding hydrogens is 164 g/mol. The number of hydrogen-bond donors (Lipinski definition) is 1. The van der Waals surface area contributed by atoms with Crippen molar-refractivity contribution >= 4 is 5.69 Å². The van der Waals surface area contributed by atoms with Gasteiger partial charge in [0.25, 0.3) is 0 Å². The molecule has 2 N–H and O–H groups in total. The first-order chi connectivity index (χ1) is 6.25. The largest absolute Gasteiger partial charge is 0.399 e. The fourth-order valence-corrected chi connectivity index (χ4v) is 1.13. The molecule has 0 radical (unpaired) electrons. The molecule has 0 amide bonds. The molecule has 0 aliphatic carbocycles. The molecule has 0 bridgehead atoms. The average Bonchev–Trinajstić information content (AvgIpc) is 2.53. The highest BCUT2D eigenvalue weighted by Gasteiger charge is 2.00. The van der Waals surface area contributed by atoms with E-state index in [-0.39, 0.29) is 0 Å². The van der Waals surface area contributed by atoms with E-state index < -0.39 is 0 Å². The van der Waals surface area contributed by atoms with Gasteiger partial charge in [0.05, 0.1) is 6.20 Å². The molecule has 0 saturated carbocycles. The highest BCUT2D eigenvalue weighted by molar-refractivity contribution is 5.60. The number of nitrogens with zero attached hydrogens (tertiary/aromatic N) is 3. The predicted octanol–water partition coefficient (Wildman–Crippen LogP) is 1.06. The number of benzene rings is 1. The molecule has 66 valence electrons. The van der Waals surface area contributed by atoms with Gasteiger partial charge in [0.2, 0.25) is 0 Å². The van der Waals surface area contributed by atoms with Crippen molar-refractivity contribution in [2.45, 2.75) is 0 Å². The topological polar surface area (TPSA) is 56.7 Å². The first kappa shape index (κ1) is 7.79. The van der Waals surface area contributed by atoms with Crippen molar-refractivity contribution < 1.29 is 0 Å². The van der Waals surface area contributed by atoms with Crippen LogP contribution >= 0.6 is 0 Å². The molecular formula is C9H10N4. The van der Waals surface area contributed by atoms with Crippen molar-refractivity contribution in [3.05, 3.63) is 30.5 Å². The summed E-state index contributed by atoms with van der Waals surface area (Å²) < 4.78 is 0. The Hall–Kier alpha value is -1.84. The predicted molar refractivity (Wildman–Crippen MR) is 50.9 cm³/mol. The average molecular weight is 174 g/mol. The second kappa shape index (κ2) is 2.90. The van der Waals surface area contributed by atoms with Crippen molar-refractivity contribution in [1.82, 2.24) is 15.0 Å². The van der Waals surface area contributed by atoms with Gasteiger partial charge in [0.1, 0.15) is 5.69 Å². The zero-order chi connectivity index (χ0) is 9.26. The maximum Gasteiger partial charge on any atom is 0.113 e. The van der Waals surface area contributed by atoms with Gasteiger partial charge in [0.15, 0.2) is 0 Å². The van der Waals surface area contributed by atoms with E-state index in [0.29, 0.717) is 0 Å². The van der Waals surface area contributed by atoms with E-state index in [1.807, 2.05) is 24.3 Å². The van der Waals surface area contributed by atoms with Crippen LogP contribution in [-0.4, -0.2) is 15.0 Å². The van der Waals surface area contributed by atoms with Gasteiger partial charge in [-0.05, 0) is 12.1 Å². The first-order valence-corrected chi connectivity index (χ1v) is 3.98. The molecule has 0 unspecified atom stereocenters. The molecule has 0 spiro atoms. The number of hydrogen-bond acceptors (Lipinski definition) is 3. The third-order valence-electron chi connectivity index (χ3n) is 1.81. The third kappa shape index (κ3) is 1.51. The summed E-state index contributed by atoms with van der Waals surface area (Å²) in [6.45, 7) is 0. The lowest BCUT2D eigenvalue weighted by atomic mass is 10.1. The summed E-state index contributed by atoms with van der Waals surface area (Å²) in [6.07, 6.45) is 1.73. The SMILES string of the molecule is Cn1ncc(-c2ccc(N)cc2)n1. The highest BCUT2D eigenvalue weighted by Crippen LogP contribution is 2.16. The van der Waals surface area contributed by atoms with Crippen LogP contribution in [0.4, 0.5) is 5.69 Å². The molecule has 0 aliphatic heterocycles. The van der Waals surface area contributed by atoms with Crippen LogP contribution in [0.5, 0.6) is 0 Å². The number of aryl methyl sites for hydroxylation is 1. The number of rotatable bonds is 1. The summed E-state index contributed by atoms with van der Waals surface area (Å²) in [5.41, 5.74) is 8.22. The fourth-order valence-electron chi connectivity index (χ4n) is 1.13. The second-order valence-corrected chi connectivity index (χ2v) is 2.84. The lowest BCUT2D eigenvalue weighted by Crippen LogP contribution is -1.91. The van der Waals surface area contributed by atoms with Gasteiger partial charge in [-0.1, -0.05) is 12.1 Å². The molecule has 1 heterocycles. The van der Waals surface area contributed by atoms with Crippen LogP contribution in [0.15, 0.2) is 30.5 Å². The zero-order valence-corrected chi connectivity index (χ0v) is 7.31. The van der Waals surface area contributed by atoms with Crippen LogP contribution in [0.25, 0.3) is 11.3 Å². The third-order valence-corrected chi connectivity index (χ3v) is 1.81. The van der Waals surface area contributed by atoms with Crippen LogP contribution in [0.2, 0.25) is 0 Å². The Bertz CT molecular complexity index is 402. The maximum absolute atomic E-state index is 5.57. The molecule has 4 heteroatoms. The Labute approximate surface area is 76.0 Å². The van der Waals surface area contributed by atoms with Crippen molar-refractivity contribution in [2.24, 2.45) is 7.05 Å². The van der Waals surface area contributed by atoms with Crippen molar-refractivity contribution in [3.63, 3.8) is 0 Å². The Morgan fingerprint density at radius 3 is 2.46 bits per heavy atom. The molecule has 4 nitrogen and oxygen atoms in total. The highest BCUT2D eigenvalue weighted by atomic mass is 15.4. The van der Waals surface area contributed by atoms with E-state index in [1.165, 1.54) is 4.80 Å². The smallest absolute Gasteiger partial charge is 0.113 e. The molecule has 0 saturated heterocycles. The Morgan fingerprint density at radius 1 is 1.23 bits per heavy atom. The van der Waals surface area contributed by atoms with Gasteiger partial charge in [-0.2, -0.15) is 15.0 Å². The Morgan fingerprint density at radius 2 is 1.92 bits per heavy atom. The van der Waals surface area contributed by atoms with E-state index >= 15 is 0 Å². The minimum atomic E-state index is 0.757. The van der Waals surface area contributed by atoms with Gasteiger partial charge < -0.3 is 5.73 Å². The van der Waals surface area contributed by atoms with Gasteiger partial charge in [-0.3, -0.25) is 0 Å². The lowest BCUT2D eigenvalue weighted by Gasteiger charge is -1.95. The summed E-state index contributed by atoms with van der Waals surface area (Å²) in [7, 11) is 1.79. The molecule has 2 aromatic rings. The van der Waals surface area contributed by atoms with E-state index in [2.05, 4.69) is 10.2 Å². The van der Waals surface area contributed by atoms with E-state index in [1.54, 1.807) is 13.2 Å². The van der Waals surface area contributed by atoms with Crippen molar-refractivity contribution in [2.75, 3.05) is 5.73 Å². The molecule has 0 aliphatic rings. The summed E-state index contributed by atoms with van der Waals surface area (Å²) in [6, 6.07) is 7.56. The summed E-state index contributed by atoms with van der Waals surface area (Å²) in [5.74, 6) is 0. The van der Waals surface area contributed by atoms with Crippen molar-refractivity contribution in [3.8, 4) is 11.3 Å². The van der Waals surface area contributed by atoms with E-state index in [4.69, 9.17) is 5.73 Å². The van der Waals surface area contributed by atoms with Crippen LogP contribution in [0, 0.1) is 0 Å². The molecule has 0 atom stereocenters. The minimum absolute atomic E-state index is 0.757. The van der Waals surface area contributed by atoms with Crippen molar-refractivity contribution in [1.29, 1.82) is 0 Å². The molecule has 2 rings (SSSR count). The summed E-state index contributed by atoms with van der Waals surface area (Å²) in [5, 5.41) is 8.17. The first-order valence-electron chi connectivity index (χ1n) is 3.98. The fraction of sp³-hybridized carbons (Fsp3) is 0.111. The minimum Gasteiger partial charge on any atom is -0.399 e. The van der Waals surface area contributed by atoms with Crippen LogP contribution in [0.1, 0.15) is 0 Å². The van der Waals surface area contributed by atoms with Crippen LogP contribution in [-0.2, 0) is 7.05 Å². The summed E-state index contributed by atoms with van der Waals surface area (Å²) in [4.78, 5) is 1.53. The normalized spacial score (nSPS) is 10.2. The maximum atomic E-state index is 5.57. The quantitative estimate of drug-likeness (QED) is 0.658. The van der Waals surface area contributed by atoms with Gasteiger partial charge >= 0.3 is 0 Å². The van der Waals surface area contributed by atoms with Crippen LogP contribution in [0.3, 0.4) is 0 Å². The molecule has 13 heavy (non-hydrogen) atoms. The second-order valence-electron chi connectivity index (χ2n) is 2.84. The standard InChI is InChI=1S/C9H10N4/c1-13-11-6-9(12-13)7-2-4-8(10)5-3-7/h2-6H,10H2,1H3. The number of nitrogen functional groups attached to an aromatic ring is 1. The number of aromatic nitrogens is 3. The summed E-state index contributed by atoms with van der Waals surface area (Å²) >= 11 is 0. The lowest BCUT2D eigenvalue weighted by molar-refractivity contribution is 0.655. The zero-order valence-electron chi connectivity index (χ0n) is 7.31. The Balaban J connectivity index is 2.41. The molecule has 1 aromatic carbocycles. The number of nitrogens with two attached hydrogens (primary N) is 1. The number of anilines is 1. The monoisotopic (exact) mass is 174 g/mol. The Kier molecular flexibility index (Phi) is 1.73. The van der Waals surface area contributed by atoms with Gasteiger partial charge in [-0.25, -0.2) is 0 Å². The van der Waals surface area contributed by atoms with Crippen LogP contribution < -0.4 is 5.73 Å². The van der Waals surface area contributed by atoms with E-state index in [9.17, 15) is 0 Å².